The second kappa shape index (κ2) is 3.24. The number of ether oxygens (including phenoxy) is 1. The molecule has 0 fully saturated rings. The molecule has 1 heteroatoms. The van der Waals surface area contributed by atoms with Gasteiger partial charge in [-0.3, -0.25) is 0 Å². The smallest absolute Gasteiger partial charge is 0.123 e. The van der Waals surface area contributed by atoms with Crippen LogP contribution in [-0.4, -0.2) is 6.61 Å². The van der Waals surface area contributed by atoms with Crippen LogP contribution in [0.4, 0.5) is 0 Å². The molecule has 3 aromatic carbocycles. The van der Waals surface area contributed by atoms with Gasteiger partial charge in [0.15, 0.2) is 0 Å². The summed E-state index contributed by atoms with van der Waals surface area (Å²) in [6.45, 7) is 0.825. The summed E-state index contributed by atoms with van der Waals surface area (Å²) < 4.78 is 5.62. The second-order valence-corrected chi connectivity index (χ2v) is 4.60. The molecular weight excluding hydrogens is 208 g/mol. The van der Waals surface area contributed by atoms with Crippen LogP contribution in [0.25, 0.3) is 21.5 Å². The molecule has 4 rings (SSSR count). The molecule has 0 saturated heterocycles. The maximum absolute atomic E-state index is 5.62. The van der Waals surface area contributed by atoms with Gasteiger partial charge in [0.1, 0.15) is 5.75 Å². The van der Waals surface area contributed by atoms with Gasteiger partial charge in [-0.2, -0.15) is 0 Å². The number of rotatable bonds is 0. The lowest BCUT2D eigenvalue weighted by Crippen LogP contribution is -1.85. The summed E-state index contributed by atoms with van der Waals surface area (Å²) in [7, 11) is 0. The Kier molecular flexibility index (Phi) is 1.72. The Bertz CT molecular complexity index is 666. The van der Waals surface area contributed by atoms with Crippen LogP contribution < -0.4 is 4.74 Å². The first-order valence-electron chi connectivity index (χ1n) is 5.98. The molecule has 0 bridgehead atoms. The molecule has 0 spiro atoms. The highest BCUT2D eigenvalue weighted by molar-refractivity contribution is 5.99. The van der Waals surface area contributed by atoms with E-state index in [9.17, 15) is 0 Å². The Morgan fingerprint density at radius 3 is 2.24 bits per heavy atom. The van der Waals surface area contributed by atoms with Gasteiger partial charge >= 0.3 is 0 Å². The highest BCUT2D eigenvalue weighted by atomic mass is 16.5. The molecule has 0 amide bonds. The minimum absolute atomic E-state index is 0.825. The Morgan fingerprint density at radius 2 is 1.47 bits per heavy atom. The largest absolute Gasteiger partial charge is 0.493 e. The van der Waals surface area contributed by atoms with Crippen molar-refractivity contribution in [2.24, 2.45) is 0 Å². The first-order valence-corrected chi connectivity index (χ1v) is 5.98. The van der Waals surface area contributed by atoms with Gasteiger partial charge in [0.2, 0.25) is 0 Å². The van der Waals surface area contributed by atoms with Crippen LogP contribution in [0.1, 0.15) is 5.56 Å². The molecule has 0 N–H and O–H groups in total. The van der Waals surface area contributed by atoms with Crippen molar-refractivity contribution < 1.29 is 4.74 Å². The fourth-order valence-corrected chi connectivity index (χ4v) is 2.62. The predicted octanol–water partition coefficient (Wildman–Crippen LogP) is 3.93. The average Bonchev–Trinajstić information content (AvgIpc) is 2.80. The van der Waals surface area contributed by atoms with E-state index in [0.29, 0.717) is 0 Å². The maximum Gasteiger partial charge on any atom is 0.123 e. The molecule has 0 unspecified atom stereocenters. The molecule has 1 aliphatic heterocycles. The first-order chi connectivity index (χ1) is 8.40. The Balaban J connectivity index is 2.12. The second-order valence-electron chi connectivity index (χ2n) is 4.60. The summed E-state index contributed by atoms with van der Waals surface area (Å²) in [6, 6.07) is 17.4. The van der Waals surface area contributed by atoms with Crippen molar-refractivity contribution in [3.63, 3.8) is 0 Å². The van der Waals surface area contributed by atoms with Crippen molar-refractivity contribution in [1.82, 2.24) is 0 Å². The molecule has 0 aliphatic carbocycles. The number of benzene rings is 3. The van der Waals surface area contributed by atoms with Gasteiger partial charge < -0.3 is 4.74 Å². The van der Waals surface area contributed by atoms with E-state index in [2.05, 4.69) is 48.5 Å². The molecular formula is C16H12O. The highest BCUT2D eigenvalue weighted by Crippen LogP contribution is 2.32. The standard InChI is InChI=1S/C16H12O/c1-2-4-12-8-15-10-16-13(5-6-17-16)9-14(15)7-11(12)3-1/h1-4,7-10H,5-6H2. The van der Waals surface area contributed by atoms with Crippen molar-refractivity contribution in [1.29, 1.82) is 0 Å². The van der Waals surface area contributed by atoms with Gasteiger partial charge in [-0.1, -0.05) is 24.3 Å². The molecule has 1 nitrogen and oxygen atoms in total. The minimum Gasteiger partial charge on any atom is -0.493 e. The summed E-state index contributed by atoms with van der Waals surface area (Å²) >= 11 is 0. The van der Waals surface area contributed by atoms with Crippen molar-refractivity contribution in [2.45, 2.75) is 6.42 Å². The molecule has 17 heavy (non-hydrogen) atoms. The van der Waals surface area contributed by atoms with Crippen molar-refractivity contribution in [3.8, 4) is 5.75 Å². The normalized spacial score (nSPS) is 13.9. The van der Waals surface area contributed by atoms with E-state index in [4.69, 9.17) is 4.74 Å². The summed E-state index contributed by atoms with van der Waals surface area (Å²) in [4.78, 5) is 0. The van der Waals surface area contributed by atoms with E-state index in [1.54, 1.807) is 0 Å². The van der Waals surface area contributed by atoms with E-state index in [1.807, 2.05) is 0 Å². The fourth-order valence-electron chi connectivity index (χ4n) is 2.62. The van der Waals surface area contributed by atoms with E-state index in [0.717, 1.165) is 18.8 Å². The van der Waals surface area contributed by atoms with Crippen LogP contribution in [-0.2, 0) is 6.42 Å². The lowest BCUT2D eigenvalue weighted by molar-refractivity contribution is 0.357. The Morgan fingerprint density at radius 1 is 0.765 bits per heavy atom. The Hall–Kier alpha value is -2.02. The quantitative estimate of drug-likeness (QED) is 0.522. The van der Waals surface area contributed by atoms with Gasteiger partial charge in [-0.05, 0) is 51.4 Å². The zero-order valence-corrected chi connectivity index (χ0v) is 9.44. The van der Waals surface area contributed by atoms with Crippen LogP contribution >= 0.6 is 0 Å². The summed E-state index contributed by atoms with van der Waals surface area (Å²) in [5.41, 5.74) is 1.34. The third-order valence-corrected chi connectivity index (χ3v) is 3.51. The van der Waals surface area contributed by atoms with Gasteiger partial charge in [0.25, 0.3) is 0 Å². The Labute approximate surface area is 99.6 Å². The predicted molar refractivity (Wildman–Crippen MR) is 70.7 cm³/mol. The van der Waals surface area contributed by atoms with Crippen LogP contribution in [0, 0.1) is 0 Å². The highest BCUT2D eigenvalue weighted by Gasteiger charge is 2.12. The number of fused-ring (bicyclic) bond motifs is 3. The molecule has 0 aromatic heterocycles. The zero-order valence-electron chi connectivity index (χ0n) is 9.44. The van der Waals surface area contributed by atoms with Crippen LogP contribution in [0.15, 0.2) is 48.5 Å². The van der Waals surface area contributed by atoms with E-state index >= 15 is 0 Å². The topological polar surface area (TPSA) is 9.23 Å². The van der Waals surface area contributed by atoms with Gasteiger partial charge in [0, 0.05) is 6.42 Å². The maximum atomic E-state index is 5.62. The lowest BCUT2D eigenvalue weighted by Gasteiger charge is -2.05. The number of hydrogen-bond acceptors (Lipinski definition) is 1. The van der Waals surface area contributed by atoms with E-state index < -0.39 is 0 Å². The number of hydrogen-bond donors (Lipinski definition) is 0. The van der Waals surface area contributed by atoms with Crippen LogP contribution in [0.2, 0.25) is 0 Å². The van der Waals surface area contributed by atoms with Crippen LogP contribution in [0.5, 0.6) is 5.75 Å². The summed E-state index contributed by atoms with van der Waals surface area (Å²) in [5, 5.41) is 5.18. The third-order valence-electron chi connectivity index (χ3n) is 3.51. The zero-order chi connectivity index (χ0) is 11.2. The average molecular weight is 220 g/mol. The van der Waals surface area contributed by atoms with Crippen molar-refractivity contribution >= 4 is 21.5 Å². The monoisotopic (exact) mass is 220 g/mol. The van der Waals surface area contributed by atoms with E-state index in [-0.39, 0.29) is 0 Å². The summed E-state index contributed by atoms with van der Waals surface area (Å²) in [5.74, 6) is 1.06. The SMILES string of the molecule is c1ccc2cc3cc4c(cc3cc2c1)CCO4. The molecule has 1 aliphatic rings. The van der Waals surface area contributed by atoms with Gasteiger partial charge in [-0.15, -0.1) is 0 Å². The third kappa shape index (κ3) is 1.32. The summed E-state index contributed by atoms with van der Waals surface area (Å²) in [6.07, 6.45) is 1.04. The van der Waals surface area contributed by atoms with E-state index in [1.165, 1.54) is 27.1 Å². The van der Waals surface area contributed by atoms with Crippen molar-refractivity contribution in [3.05, 3.63) is 54.1 Å². The fraction of sp³-hybridized carbons (Fsp3) is 0.125. The molecule has 0 radical (unpaired) electrons. The molecule has 3 aromatic rings. The molecule has 82 valence electrons. The minimum atomic E-state index is 0.825. The van der Waals surface area contributed by atoms with Crippen molar-refractivity contribution in [2.75, 3.05) is 6.61 Å². The van der Waals surface area contributed by atoms with Crippen LogP contribution in [0.3, 0.4) is 0 Å². The lowest BCUT2D eigenvalue weighted by atomic mass is 10.0. The molecule has 0 atom stereocenters. The van der Waals surface area contributed by atoms with Gasteiger partial charge in [-0.25, -0.2) is 0 Å². The molecule has 0 saturated carbocycles. The molecule has 1 heterocycles. The van der Waals surface area contributed by atoms with Gasteiger partial charge in [0.05, 0.1) is 6.61 Å². The first kappa shape index (κ1) is 9.06.